The third-order valence-electron chi connectivity index (χ3n) is 0.927. The number of esters is 1. The maximum Gasteiger partial charge on any atom is 0.333 e. The maximum atomic E-state index is 10.7. The molecule has 11 heavy (non-hydrogen) atoms. The Balaban J connectivity index is 3.64. The van der Waals surface area contributed by atoms with Crippen LogP contribution in [0.4, 0.5) is 0 Å². The van der Waals surface area contributed by atoms with Crippen LogP contribution in [0, 0.1) is 0 Å². The average molecular weight is 175 g/mol. The Morgan fingerprint density at radius 1 is 1.64 bits per heavy atom. The van der Waals surface area contributed by atoms with Crippen molar-refractivity contribution in [1.82, 2.24) is 0 Å². The first kappa shape index (κ1) is 10.2. The van der Waals surface area contributed by atoms with Crippen molar-refractivity contribution in [2.45, 2.75) is 13.8 Å². The molecule has 2 nitrogen and oxygen atoms in total. The van der Waals surface area contributed by atoms with Gasteiger partial charge in [0.05, 0.1) is 0 Å². The lowest BCUT2D eigenvalue weighted by molar-refractivity contribution is -0.137. The molecule has 3 heteroatoms. The van der Waals surface area contributed by atoms with Crippen molar-refractivity contribution in [2.75, 3.05) is 6.61 Å². The topological polar surface area (TPSA) is 26.3 Å². The van der Waals surface area contributed by atoms with Crippen molar-refractivity contribution < 1.29 is 9.53 Å². The minimum Gasteiger partial charge on any atom is -0.458 e. The van der Waals surface area contributed by atoms with Gasteiger partial charge >= 0.3 is 5.97 Å². The Morgan fingerprint density at radius 3 is 2.55 bits per heavy atom. The largest absolute Gasteiger partial charge is 0.458 e. The van der Waals surface area contributed by atoms with Gasteiger partial charge < -0.3 is 4.74 Å². The molecule has 0 N–H and O–H groups in total. The molecule has 0 aliphatic rings. The van der Waals surface area contributed by atoms with Gasteiger partial charge in [0.1, 0.15) is 6.61 Å². The van der Waals surface area contributed by atoms with Crippen LogP contribution in [0.1, 0.15) is 13.8 Å². The quantitative estimate of drug-likeness (QED) is 0.485. The molecule has 0 aromatic heterocycles. The summed E-state index contributed by atoms with van der Waals surface area (Å²) >= 11 is 5.49. The fourth-order valence-electron chi connectivity index (χ4n) is 0.355. The Bertz CT molecular complexity index is 190. The van der Waals surface area contributed by atoms with E-state index in [1.165, 1.54) is 0 Å². The summed E-state index contributed by atoms with van der Waals surface area (Å²) < 4.78 is 4.71. The summed E-state index contributed by atoms with van der Waals surface area (Å²) in [7, 11) is 0. The molecule has 62 valence electrons. The van der Waals surface area contributed by atoms with Gasteiger partial charge in [-0.25, -0.2) is 4.79 Å². The summed E-state index contributed by atoms with van der Waals surface area (Å²) in [6.07, 6.45) is 1.61. The van der Waals surface area contributed by atoms with Crippen LogP contribution in [-0.4, -0.2) is 12.6 Å². The first-order chi connectivity index (χ1) is 5.04. The molecule has 0 rings (SSSR count). The Labute approximate surface area is 71.5 Å². The highest BCUT2D eigenvalue weighted by Gasteiger charge is 1.99. The number of hydrogen-bond acceptors (Lipinski definition) is 2. The van der Waals surface area contributed by atoms with Crippen LogP contribution in [0.5, 0.6) is 0 Å². The first-order valence-electron chi connectivity index (χ1n) is 3.19. The Hall–Kier alpha value is -0.760. The Morgan fingerprint density at radius 2 is 2.18 bits per heavy atom. The molecule has 0 saturated heterocycles. The van der Waals surface area contributed by atoms with Gasteiger partial charge in [0.15, 0.2) is 0 Å². The zero-order valence-corrected chi connectivity index (χ0v) is 7.44. The lowest BCUT2D eigenvalue weighted by atomic mass is 10.4. The van der Waals surface area contributed by atoms with Crippen LogP contribution in [-0.2, 0) is 9.53 Å². The molecule has 0 atom stereocenters. The number of allylic oxidation sites excluding steroid dienone is 1. The van der Waals surface area contributed by atoms with E-state index >= 15 is 0 Å². The van der Waals surface area contributed by atoms with Crippen molar-refractivity contribution in [3.8, 4) is 0 Å². The molecule has 0 bridgehead atoms. The molecular formula is C8H11ClO2. The zero-order chi connectivity index (χ0) is 8.85. The third kappa shape index (κ3) is 5.67. The van der Waals surface area contributed by atoms with Gasteiger partial charge in [0, 0.05) is 10.6 Å². The molecule has 0 heterocycles. The second-order valence-corrected chi connectivity index (χ2v) is 2.77. The molecule has 0 aliphatic heterocycles. The molecule has 0 aliphatic carbocycles. The number of carbonyl (C=O) groups excluding carboxylic acids is 1. The normalized spacial score (nSPS) is 11.0. The highest BCUT2D eigenvalue weighted by molar-refractivity contribution is 6.29. The van der Waals surface area contributed by atoms with E-state index in [0.29, 0.717) is 10.6 Å². The second kappa shape index (κ2) is 4.97. The second-order valence-electron chi connectivity index (χ2n) is 2.17. The summed E-state index contributed by atoms with van der Waals surface area (Å²) in [4.78, 5) is 10.7. The molecule has 0 saturated carbocycles. The lowest BCUT2D eigenvalue weighted by Gasteiger charge is -1.99. The molecule has 0 fully saturated rings. The van der Waals surface area contributed by atoms with Crippen LogP contribution >= 0.6 is 11.6 Å². The van der Waals surface area contributed by atoms with Crippen LogP contribution in [0.25, 0.3) is 0 Å². The number of carbonyl (C=O) groups is 1. The summed E-state index contributed by atoms with van der Waals surface area (Å²) in [5.74, 6) is -0.390. The molecule has 0 spiro atoms. The van der Waals surface area contributed by atoms with E-state index in [1.807, 2.05) is 0 Å². The van der Waals surface area contributed by atoms with Gasteiger partial charge in [-0.1, -0.05) is 18.2 Å². The predicted molar refractivity (Wildman–Crippen MR) is 45.4 cm³/mol. The number of rotatable bonds is 3. The minimum atomic E-state index is -0.390. The lowest BCUT2D eigenvalue weighted by Crippen LogP contribution is -2.04. The minimum absolute atomic E-state index is 0.209. The molecule has 0 radical (unpaired) electrons. The van der Waals surface area contributed by atoms with Crippen molar-refractivity contribution in [1.29, 1.82) is 0 Å². The molecule has 0 amide bonds. The predicted octanol–water partition coefficient (Wildman–Crippen LogP) is 2.25. The molecule has 0 unspecified atom stereocenters. The standard InChI is InChI=1S/C8H11ClO2/c1-6(2)8(10)11-5-4-7(3)9/h4H,1,5H2,2-3H3. The summed E-state index contributed by atoms with van der Waals surface area (Å²) in [5.41, 5.74) is 0.394. The van der Waals surface area contributed by atoms with Crippen LogP contribution in [0.15, 0.2) is 23.3 Å². The summed E-state index contributed by atoms with van der Waals surface area (Å²) in [6, 6.07) is 0. The average Bonchev–Trinajstić information content (AvgIpc) is 1.86. The van der Waals surface area contributed by atoms with Gasteiger partial charge in [0.25, 0.3) is 0 Å². The van der Waals surface area contributed by atoms with E-state index in [-0.39, 0.29) is 12.6 Å². The van der Waals surface area contributed by atoms with E-state index in [1.54, 1.807) is 19.9 Å². The van der Waals surface area contributed by atoms with Gasteiger partial charge in [-0.3, -0.25) is 0 Å². The van der Waals surface area contributed by atoms with Crippen molar-refractivity contribution in [3.05, 3.63) is 23.3 Å². The monoisotopic (exact) mass is 174 g/mol. The highest BCUT2D eigenvalue weighted by atomic mass is 35.5. The van der Waals surface area contributed by atoms with Gasteiger partial charge in [-0.05, 0) is 19.9 Å². The van der Waals surface area contributed by atoms with Crippen molar-refractivity contribution in [3.63, 3.8) is 0 Å². The number of ether oxygens (including phenoxy) is 1. The Kier molecular flexibility index (Phi) is 4.62. The van der Waals surface area contributed by atoms with E-state index in [2.05, 4.69) is 6.58 Å². The number of halogens is 1. The smallest absolute Gasteiger partial charge is 0.333 e. The van der Waals surface area contributed by atoms with Crippen molar-refractivity contribution >= 4 is 17.6 Å². The van der Waals surface area contributed by atoms with Crippen molar-refractivity contribution in [2.24, 2.45) is 0 Å². The molecule has 0 aromatic rings. The van der Waals surface area contributed by atoms with E-state index < -0.39 is 0 Å². The van der Waals surface area contributed by atoms with E-state index in [0.717, 1.165) is 0 Å². The number of hydrogen-bond donors (Lipinski definition) is 0. The zero-order valence-electron chi connectivity index (χ0n) is 6.69. The summed E-state index contributed by atoms with van der Waals surface area (Å²) in [5, 5.41) is 0.611. The van der Waals surface area contributed by atoms with Crippen LogP contribution in [0.3, 0.4) is 0 Å². The maximum absolute atomic E-state index is 10.7. The van der Waals surface area contributed by atoms with Crippen LogP contribution < -0.4 is 0 Å². The SMILES string of the molecule is C=C(C)C(=O)OCC=C(C)Cl. The van der Waals surface area contributed by atoms with Gasteiger partial charge in [-0.2, -0.15) is 0 Å². The highest BCUT2D eigenvalue weighted by Crippen LogP contribution is 1.98. The fourth-order valence-corrected chi connectivity index (χ4v) is 0.418. The van der Waals surface area contributed by atoms with Crippen LogP contribution in [0.2, 0.25) is 0 Å². The molecule has 0 aromatic carbocycles. The van der Waals surface area contributed by atoms with Gasteiger partial charge in [-0.15, -0.1) is 0 Å². The summed E-state index contributed by atoms with van der Waals surface area (Å²) in [6.45, 7) is 6.95. The molecular weight excluding hydrogens is 164 g/mol. The van der Waals surface area contributed by atoms with E-state index in [4.69, 9.17) is 16.3 Å². The third-order valence-corrected chi connectivity index (χ3v) is 1.08. The fraction of sp³-hybridized carbons (Fsp3) is 0.375. The van der Waals surface area contributed by atoms with E-state index in [9.17, 15) is 4.79 Å². The first-order valence-corrected chi connectivity index (χ1v) is 3.56. The van der Waals surface area contributed by atoms with Gasteiger partial charge in [0.2, 0.25) is 0 Å².